The Bertz CT molecular complexity index is 2280. The van der Waals surface area contributed by atoms with Gasteiger partial charge in [-0.25, -0.2) is 0 Å². The van der Waals surface area contributed by atoms with Crippen molar-refractivity contribution < 1.29 is 9.59 Å². The van der Waals surface area contributed by atoms with E-state index in [4.69, 9.17) is 23.2 Å². The molecule has 44 heavy (non-hydrogen) atoms. The van der Waals surface area contributed by atoms with Gasteiger partial charge in [-0.1, -0.05) is 59.6 Å². The number of H-pyrrole nitrogens is 2. The molecule has 2 N–H and O–H groups in total. The van der Waals surface area contributed by atoms with Gasteiger partial charge in [-0.05, 0) is 83.8 Å². The number of allylic oxidation sites excluding steroid dienone is 1. The van der Waals surface area contributed by atoms with Gasteiger partial charge in [0.2, 0.25) is 0 Å². The minimum absolute atomic E-state index is 0.0955. The molecule has 0 bridgehead atoms. The van der Waals surface area contributed by atoms with Crippen LogP contribution in [0.3, 0.4) is 0 Å². The highest BCUT2D eigenvalue weighted by molar-refractivity contribution is 6.31. The Balaban J connectivity index is 1.59. The number of hydrogen-bond donors (Lipinski definition) is 2. The minimum atomic E-state index is -1.15. The predicted octanol–water partition coefficient (Wildman–Crippen LogP) is 7.59. The molecule has 6 nitrogen and oxygen atoms in total. The molecule has 4 aromatic carbocycles. The van der Waals surface area contributed by atoms with Gasteiger partial charge >= 0.3 is 0 Å². The zero-order valence-electron chi connectivity index (χ0n) is 22.9. The monoisotopic (exact) mass is 616 g/mol. The zero-order chi connectivity index (χ0) is 30.5. The minimum Gasteiger partial charge on any atom is -0.322 e. The van der Waals surface area contributed by atoms with Crippen LogP contribution in [0.4, 0.5) is 0 Å². The van der Waals surface area contributed by atoms with Gasteiger partial charge in [-0.3, -0.25) is 19.2 Å². The number of halogens is 2. The quantitative estimate of drug-likeness (QED) is 0.195. The molecule has 0 spiro atoms. The van der Waals surface area contributed by atoms with Crippen LogP contribution in [0.25, 0.3) is 27.9 Å². The van der Waals surface area contributed by atoms with Crippen molar-refractivity contribution >= 4 is 62.7 Å². The van der Waals surface area contributed by atoms with Crippen molar-refractivity contribution in [3.63, 3.8) is 0 Å². The molecule has 0 radical (unpaired) electrons. The van der Waals surface area contributed by atoms with Gasteiger partial charge in [0.15, 0.2) is 11.6 Å². The molecule has 0 aliphatic heterocycles. The molecule has 214 valence electrons. The van der Waals surface area contributed by atoms with Gasteiger partial charge in [-0.15, -0.1) is 0 Å². The number of aromatic nitrogens is 2. The summed E-state index contributed by atoms with van der Waals surface area (Å²) in [6.45, 7) is 0. The van der Waals surface area contributed by atoms with Crippen LogP contribution in [0.2, 0.25) is 10.0 Å². The fourth-order valence-corrected chi connectivity index (χ4v) is 6.40. The number of hydrogen-bond acceptors (Lipinski definition) is 4. The number of rotatable bonds is 5. The van der Waals surface area contributed by atoms with E-state index in [1.807, 2.05) is 30.3 Å². The Hall–Kier alpha value is -5.04. The summed E-state index contributed by atoms with van der Waals surface area (Å²) in [5.41, 5.74) is 2.02. The first-order chi connectivity index (χ1) is 21.3. The Morgan fingerprint density at radius 2 is 1.25 bits per heavy atom. The van der Waals surface area contributed by atoms with Crippen molar-refractivity contribution in [1.82, 2.24) is 9.97 Å². The number of benzene rings is 4. The SMILES string of the molecule is O=C(C1=Cc2c(c3ccccc3[nH]c2=O)[C@H](c2cc3ccccc3[nH]c2=O)[C@H]1C(=O)c1ccc(Cl)cc1)c1ccc(Cl)cc1. The normalized spacial score (nSPS) is 16.0. The van der Waals surface area contributed by atoms with Crippen molar-refractivity contribution in [2.45, 2.75) is 5.92 Å². The molecule has 0 amide bonds. The van der Waals surface area contributed by atoms with Gasteiger partial charge in [0.05, 0.1) is 5.92 Å². The third-order valence-electron chi connectivity index (χ3n) is 8.18. The van der Waals surface area contributed by atoms with Gasteiger partial charge in [0, 0.05) is 60.2 Å². The average molecular weight is 617 g/mol. The molecule has 2 aromatic heterocycles. The molecule has 0 saturated heterocycles. The van der Waals surface area contributed by atoms with E-state index in [-0.39, 0.29) is 22.5 Å². The average Bonchev–Trinajstić information content (AvgIpc) is 3.04. The smallest absolute Gasteiger partial charge is 0.256 e. The largest absolute Gasteiger partial charge is 0.322 e. The standard InChI is InChI=1S/C36H22Cl2N2O4/c37-22-13-9-19(10-14-22)33(41)25-18-27-30(24-6-2-4-8-29(24)40-36(27)44)31(32(25)34(42)20-11-15-23(38)16-12-20)26-17-21-5-1-3-7-28(21)39-35(26)43/h1-18,31-32H,(H,39,43)(H,40,44)/t31-,32-/m0/s1. The molecular weight excluding hydrogens is 595 g/mol. The van der Waals surface area contributed by atoms with Crippen molar-refractivity contribution in [2.75, 3.05) is 0 Å². The lowest BCUT2D eigenvalue weighted by molar-refractivity contribution is 0.0897. The van der Waals surface area contributed by atoms with Crippen molar-refractivity contribution in [2.24, 2.45) is 5.92 Å². The Morgan fingerprint density at radius 3 is 1.95 bits per heavy atom. The fourth-order valence-electron chi connectivity index (χ4n) is 6.15. The number of ketones is 2. The number of aromatic amines is 2. The summed E-state index contributed by atoms with van der Waals surface area (Å²) in [5, 5.41) is 2.31. The van der Waals surface area contributed by atoms with E-state index in [1.165, 1.54) is 6.08 Å². The van der Waals surface area contributed by atoms with Crippen LogP contribution in [0.1, 0.15) is 43.3 Å². The number of para-hydroxylation sites is 2. The lowest BCUT2D eigenvalue weighted by Crippen LogP contribution is -2.36. The first-order valence-electron chi connectivity index (χ1n) is 13.9. The highest BCUT2D eigenvalue weighted by Gasteiger charge is 2.43. The molecule has 6 aromatic rings. The molecule has 7 rings (SSSR count). The van der Waals surface area contributed by atoms with E-state index in [2.05, 4.69) is 9.97 Å². The Labute approximate surface area is 260 Å². The number of Topliss-reactive ketones (excluding diaryl/α,β-unsaturated/α-hetero) is 2. The van der Waals surface area contributed by atoms with Crippen LogP contribution in [-0.4, -0.2) is 21.5 Å². The molecule has 0 saturated carbocycles. The van der Waals surface area contributed by atoms with Gasteiger partial charge in [-0.2, -0.15) is 0 Å². The maximum absolute atomic E-state index is 14.6. The van der Waals surface area contributed by atoms with Crippen LogP contribution in [0.5, 0.6) is 0 Å². The highest BCUT2D eigenvalue weighted by atomic mass is 35.5. The number of nitrogens with one attached hydrogen (secondary N) is 2. The lowest BCUT2D eigenvalue weighted by Gasteiger charge is -2.33. The summed E-state index contributed by atoms with van der Waals surface area (Å²) in [6, 6.07) is 29.1. The molecule has 0 fully saturated rings. The third-order valence-corrected chi connectivity index (χ3v) is 8.68. The summed E-state index contributed by atoms with van der Waals surface area (Å²) in [6.07, 6.45) is 1.50. The number of pyridine rings is 2. The summed E-state index contributed by atoms with van der Waals surface area (Å²) in [4.78, 5) is 62.4. The van der Waals surface area contributed by atoms with Crippen molar-refractivity contribution in [3.05, 3.63) is 167 Å². The first-order valence-corrected chi connectivity index (χ1v) is 14.6. The van der Waals surface area contributed by atoms with Gasteiger partial charge in [0.25, 0.3) is 11.1 Å². The second-order valence-corrected chi connectivity index (χ2v) is 11.6. The Kier molecular flexibility index (Phi) is 6.88. The van der Waals surface area contributed by atoms with E-state index in [1.54, 1.807) is 72.8 Å². The lowest BCUT2D eigenvalue weighted by atomic mass is 9.67. The van der Waals surface area contributed by atoms with Gasteiger partial charge in [0.1, 0.15) is 0 Å². The second kappa shape index (κ2) is 10.9. The van der Waals surface area contributed by atoms with Crippen LogP contribution in [-0.2, 0) is 0 Å². The third kappa shape index (κ3) is 4.69. The molecular formula is C36H22Cl2N2O4. The van der Waals surface area contributed by atoms with Crippen LogP contribution in [0, 0.1) is 5.92 Å². The van der Waals surface area contributed by atoms with Crippen molar-refractivity contribution in [1.29, 1.82) is 0 Å². The van der Waals surface area contributed by atoms with E-state index < -0.39 is 28.7 Å². The summed E-state index contributed by atoms with van der Waals surface area (Å²) in [7, 11) is 0. The summed E-state index contributed by atoms with van der Waals surface area (Å²) < 4.78 is 0. The maximum Gasteiger partial charge on any atom is 0.256 e. The number of carbonyl (C=O) groups excluding carboxylic acids is 2. The molecule has 2 atom stereocenters. The number of carbonyl (C=O) groups is 2. The molecule has 2 heterocycles. The van der Waals surface area contributed by atoms with E-state index >= 15 is 0 Å². The molecule has 8 heteroatoms. The van der Waals surface area contributed by atoms with Crippen molar-refractivity contribution in [3.8, 4) is 0 Å². The summed E-state index contributed by atoms with van der Waals surface area (Å²) >= 11 is 12.3. The topological polar surface area (TPSA) is 99.9 Å². The number of fused-ring (bicyclic) bond motifs is 4. The van der Waals surface area contributed by atoms with Gasteiger partial charge < -0.3 is 9.97 Å². The van der Waals surface area contributed by atoms with E-state index in [0.717, 1.165) is 5.39 Å². The van der Waals surface area contributed by atoms with E-state index in [0.29, 0.717) is 43.2 Å². The summed E-state index contributed by atoms with van der Waals surface area (Å²) in [5.74, 6) is -2.97. The molecule has 1 aliphatic carbocycles. The molecule has 0 unspecified atom stereocenters. The van der Waals surface area contributed by atoms with Crippen LogP contribution in [0.15, 0.2) is 118 Å². The van der Waals surface area contributed by atoms with Crippen LogP contribution >= 0.6 is 23.2 Å². The van der Waals surface area contributed by atoms with Crippen LogP contribution < -0.4 is 11.1 Å². The zero-order valence-corrected chi connectivity index (χ0v) is 24.4. The second-order valence-electron chi connectivity index (χ2n) is 10.7. The van der Waals surface area contributed by atoms with E-state index in [9.17, 15) is 19.2 Å². The highest BCUT2D eigenvalue weighted by Crippen LogP contribution is 2.46. The Morgan fingerprint density at radius 1 is 0.659 bits per heavy atom. The fraction of sp³-hybridized carbons (Fsp3) is 0.0556. The maximum atomic E-state index is 14.6. The predicted molar refractivity (Wildman–Crippen MR) is 174 cm³/mol. The first kappa shape index (κ1) is 27.8. The molecule has 1 aliphatic rings.